The molecule has 0 bridgehead atoms. The Labute approximate surface area is 164 Å². The third-order valence-corrected chi connectivity index (χ3v) is 5.72. The molecule has 0 radical (unpaired) electrons. The molecule has 1 amide bonds. The Kier molecular flexibility index (Phi) is 6.87. The lowest BCUT2D eigenvalue weighted by atomic mass is 10.0. The highest BCUT2D eigenvalue weighted by Gasteiger charge is 2.22. The topological polar surface area (TPSA) is 51.7 Å². The van der Waals surface area contributed by atoms with Crippen LogP contribution in [0.5, 0.6) is 11.5 Å². The number of ether oxygens (including phenoxy) is 2. The number of methoxy groups -OCH3 is 1. The lowest BCUT2D eigenvalue weighted by molar-refractivity contribution is -0.118. The van der Waals surface area contributed by atoms with E-state index >= 15 is 0 Å². The first-order valence-corrected chi connectivity index (χ1v) is 10.2. The zero-order valence-electron chi connectivity index (χ0n) is 15.8. The molecule has 6 heteroatoms. The van der Waals surface area contributed by atoms with E-state index in [9.17, 15) is 4.79 Å². The lowest BCUT2D eigenvalue weighted by Gasteiger charge is -2.18. The van der Waals surface area contributed by atoms with Crippen molar-refractivity contribution in [1.29, 1.82) is 0 Å². The SMILES string of the molecule is C=CCN(C(=O)CCCOc1ccc(OC)cc1)c1nc2c(s1)CCCC2. The summed E-state index contributed by atoms with van der Waals surface area (Å²) in [5.74, 6) is 1.64. The van der Waals surface area contributed by atoms with Gasteiger partial charge in [-0.2, -0.15) is 0 Å². The van der Waals surface area contributed by atoms with Gasteiger partial charge in [-0.1, -0.05) is 6.08 Å². The van der Waals surface area contributed by atoms with Crippen LogP contribution in [0.15, 0.2) is 36.9 Å². The molecular formula is C21H26N2O3S. The quantitative estimate of drug-likeness (QED) is 0.473. The number of benzene rings is 1. The number of fused-ring (bicyclic) bond motifs is 1. The molecule has 1 heterocycles. The molecule has 27 heavy (non-hydrogen) atoms. The Bertz CT molecular complexity index is 747. The highest BCUT2D eigenvalue weighted by molar-refractivity contribution is 7.16. The molecule has 144 valence electrons. The normalized spacial score (nSPS) is 12.9. The van der Waals surface area contributed by atoms with Crippen LogP contribution in [0.4, 0.5) is 5.13 Å². The van der Waals surface area contributed by atoms with Crippen LogP contribution in [0, 0.1) is 0 Å². The first kappa shape index (κ1) is 19.4. The Morgan fingerprint density at radius 3 is 2.70 bits per heavy atom. The summed E-state index contributed by atoms with van der Waals surface area (Å²) in [6, 6.07) is 7.45. The molecular weight excluding hydrogens is 360 g/mol. The van der Waals surface area contributed by atoms with Gasteiger partial charge in [0.15, 0.2) is 5.13 Å². The van der Waals surface area contributed by atoms with E-state index in [1.54, 1.807) is 29.4 Å². The fourth-order valence-electron chi connectivity index (χ4n) is 3.09. The van der Waals surface area contributed by atoms with Gasteiger partial charge in [0, 0.05) is 17.8 Å². The van der Waals surface area contributed by atoms with Crippen LogP contribution >= 0.6 is 11.3 Å². The van der Waals surface area contributed by atoms with Crippen LogP contribution in [-0.4, -0.2) is 31.2 Å². The minimum absolute atomic E-state index is 0.0688. The molecule has 0 N–H and O–H groups in total. The van der Waals surface area contributed by atoms with E-state index in [-0.39, 0.29) is 5.91 Å². The van der Waals surface area contributed by atoms with Crippen molar-refractivity contribution < 1.29 is 14.3 Å². The van der Waals surface area contributed by atoms with Crippen molar-refractivity contribution in [2.45, 2.75) is 38.5 Å². The number of aromatic nitrogens is 1. The predicted octanol–water partition coefficient (Wildman–Crippen LogP) is 4.41. The van der Waals surface area contributed by atoms with E-state index in [0.717, 1.165) is 29.5 Å². The molecule has 5 nitrogen and oxygen atoms in total. The average molecular weight is 387 g/mol. The zero-order chi connectivity index (χ0) is 19.1. The summed E-state index contributed by atoms with van der Waals surface area (Å²) in [6.45, 7) is 4.77. The fraction of sp³-hybridized carbons (Fsp3) is 0.429. The van der Waals surface area contributed by atoms with E-state index in [4.69, 9.17) is 14.5 Å². The van der Waals surface area contributed by atoms with E-state index in [1.807, 2.05) is 24.3 Å². The van der Waals surface area contributed by atoms with Crippen molar-refractivity contribution in [3.8, 4) is 11.5 Å². The van der Waals surface area contributed by atoms with Crippen molar-refractivity contribution in [3.63, 3.8) is 0 Å². The monoisotopic (exact) mass is 386 g/mol. The number of aryl methyl sites for hydroxylation is 2. The molecule has 1 aromatic carbocycles. The Hall–Kier alpha value is -2.34. The molecule has 0 spiro atoms. The van der Waals surface area contributed by atoms with Gasteiger partial charge >= 0.3 is 0 Å². The summed E-state index contributed by atoms with van der Waals surface area (Å²) < 4.78 is 10.8. The minimum atomic E-state index is 0.0688. The van der Waals surface area contributed by atoms with Crippen molar-refractivity contribution in [1.82, 2.24) is 4.98 Å². The summed E-state index contributed by atoms with van der Waals surface area (Å²) in [7, 11) is 1.63. The number of hydrogen-bond donors (Lipinski definition) is 0. The Morgan fingerprint density at radius 2 is 2.00 bits per heavy atom. The van der Waals surface area contributed by atoms with Gasteiger partial charge in [-0.15, -0.1) is 17.9 Å². The fourth-order valence-corrected chi connectivity index (χ4v) is 4.26. The van der Waals surface area contributed by atoms with Crippen LogP contribution < -0.4 is 14.4 Å². The lowest BCUT2D eigenvalue weighted by Crippen LogP contribution is -2.31. The van der Waals surface area contributed by atoms with Crippen LogP contribution in [0.3, 0.4) is 0 Å². The molecule has 1 aliphatic rings. The third-order valence-electron chi connectivity index (χ3n) is 4.54. The van der Waals surface area contributed by atoms with Gasteiger partial charge in [0.05, 0.1) is 19.4 Å². The van der Waals surface area contributed by atoms with Crippen molar-refractivity contribution >= 4 is 22.4 Å². The molecule has 0 aliphatic heterocycles. The van der Waals surface area contributed by atoms with E-state index in [0.29, 0.717) is 26.0 Å². The summed E-state index contributed by atoms with van der Waals surface area (Å²) in [4.78, 5) is 20.5. The third kappa shape index (κ3) is 5.10. The van der Waals surface area contributed by atoms with E-state index in [2.05, 4.69) is 6.58 Å². The molecule has 0 unspecified atom stereocenters. The number of anilines is 1. The van der Waals surface area contributed by atoms with Crippen LogP contribution in [-0.2, 0) is 17.6 Å². The molecule has 1 aromatic heterocycles. The molecule has 0 fully saturated rings. The van der Waals surface area contributed by atoms with Crippen molar-refractivity contribution in [2.24, 2.45) is 0 Å². The number of carbonyl (C=O) groups is 1. The van der Waals surface area contributed by atoms with Gasteiger partial charge < -0.3 is 9.47 Å². The number of rotatable bonds is 9. The van der Waals surface area contributed by atoms with E-state index in [1.165, 1.54) is 23.4 Å². The van der Waals surface area contributed by atoms with Gasteiger partial charge in [0.25, 0.3) is 0 Å². The first-order valence-electron chi connectivity index (χ1n) is 9.38. The number of amides is 1. The van der Waals surface area contributed by atoms with E-state index < -0.39 is 0 Å². The van der Waals surface area contributed by atoms with Crippen LogP contribution in [0.2, 0.25) is 0 Å². The van der Waals surface area contributed by atoms with Gasteiger partial charge in [-0.25, -0.2) is 4.98 Å². The van der Waals surface area contributed by atoms with Gasteiger partial charge in [-0.05, 0) is 56.4 Å². The van der Waals surface area contributed by atoms with Crippen molar-refractivity contribution in [2.75, 3.05) is 25.2 Å². The average Bonchev–Trinajstić information content (AvgIpc) is 3.13. The zero-order valence-corrected chi connectivity index (χ0v) is 16.6. The number of carbonyl (C=O) groups excluding carboxylic acids is 1. The second-order valence-electron chi connectivity index (χ2n) is 6.49. The Morgan fingerprint density at radius 1 is 1.26 bits per heavy atom. The molecule has 0 saturated heterocycles. The van der Waals surface area contributed by atoms with Gasteiger partial charge in [0.1, 0.15) is 11.5 Å². The Balaban J connectivity index is 1.52. The molecule has 1 aliphatic carbocycles. The maximum absolute atomic E-state index is 12.7. The highest BCUT2D eigenvalue weighted by Crippen LogP contribution is 2.32. The van der Waals surface area contributed by atoms with Gasteiger partial charge in [0.2, 0.25) is 5.91 Å². The molecule has 0 atom stereocenters. The predicted molar refractivity (Wildman–Crippen MR) is 109 cm³/mol. The molecule has 0 saturated carbocycles. The van der Waals surface area contributed by atoms with Crippen LogP contribution in [0.1, 0.15) is 36.3 Å². The maximum Gasteiger partial charge on any atom is 0.229 e. The highest BCUT2D eigenvalue weighted by atomic mass is 32.1. The van der Waals surface area contributed by atoms with Gasteiger partial charge in [-0.3, -0.25) is 9.69 Å². The second kappa shape index (κ2) is 9.55. The van der Waals surface area contributed by atoms with Crippen LogP contribution in [0.25, 0.3) is 0 Å². The second-order valence-corrected chi connectivity index (χ2v) is 7.56. The number of thiazole rings is 1. The maximum atomic E-state index is 12.7. The molecule has 3 rings (SSSR count). The molecule has 2 aromatic rings. The summed E-state index contributed by atoms with van der Waals surface area (Å²) in [5.41, 5.74) is 1.17. The largest absolute Gasteiger partial charge is 0.497 e. The minimum Gasteiger partial charge on any atom is -0.497 e. The number of hydrogen-bond acceptors (Lipinski definition) is 5. The smallest absolute Gasteiger partial charge is 0.229 e. The summed E-state index contributed by atoms with van der Waals surface area (Å²) >= 11 is 1.65. The number of nitrogens with zero attached hydrogens (tertiary/aromatic N) is 2. The first-order chi connectivity index (χ1) is 13.2. The standard InChI is InChI=1S/C21H26N2O3S/c1-3-14-23(21-22-18-7-4-5-8-19(18)27-21)20(24)9-6-15-26-17-12-10-16(25-2)11-13-17/h3,10-13H,1,4-9,14-15H2,2H3. The summed E-state index contributed by atoms with van der Waals surface area (Å²) in [5, 5.41) is 0.808. The summed E-state index contributed by atoms with van der Waals surface area (Å²) in [6.07, 6.45) is 7.35. The van der Waals surface area contributed by atoms with Crippen molar-refractivity contribution in [3.05, 3.63) is 47.5 Å².